The number of fused-ring (bicyclic) bond motifs is 1. The van der Waals surface area contributed by atoms with Gasteiger partial charge in [0.25, 0.3) is 0 Å². The Labute approximate surface area is 311 Å². The molecule has 0 heterocycles. The van der Waals surface area contributed by atoms with Gasteiger partial charge in [0.15, 0.2) is 11.5 Å². The molecule has 53 heavy (non-hydrogen) atoms. The van der Waals surface area contributed by atoms with Crippen molar-refractivity contribution in [3.63, 3.8) is 0 Å². The first-order valence-electron chi connectivity index (χ1n) is 16.6. The number of aryl methyl sites for hydroxylation is 1. The molecular formula is C45H44O8. The Balaban J connectivity index is 0.000000669. The van der Waals surface area contributed by atoms with Crippen molar-refractivity contribution < 1.29 is 38.1 Å². The van der Waals surface area contributed by atoms with Gasteiger partial charge in [-0.3, -0.25) is 14.4 Å². The van der Waals surface area contributed by atoms with Crippen molar-refractivity contribution in [1.29, 1.82) is 0 Å². The highest BCUT2D eigenvalue weighted by Crippen LogP contribution is 2.31. The van der Waals surface area contributed by atoms with Gasteiger partial charge in [-0.05, 0) is 125 Å². The number of allylic oxidation sites excluding steroid dienone is 2. The minimum absolute atomic E-state index is 0.180. The Kier molecular flexibility index (Phi) is 15.7. The highest BCUT2D eigenvalue weighted by atomic mass is 16.6. The van der Waals surface area contributed by atoms with Gasteiger partial charge in [0.1, 0.15) is 24.1 Å². The minimum atomic E-state index is -0.527. The van der Waals surface area contributed by atoms with E-state index in [1.165, 1.54) is 7.11 Å². The maximum absolute atomic E-state index is 12.6. The van der Waals surface area contributed by atoms with Crippen LogP contribution in [0.1, 0.15) is 32.8 Å². The van der Waals surface area contributed by atoms with Crippen molar-refractivity contribution >= 4 is 35.3 Å². The fourth-order valence-corrected chi connectivity index (χ4v) is 4.67. The predicted molar refractivity (Wildman–Crippen MR) is 211 cm³/mol. The van der Waals surface area contributed by atoms with Crippen LogP contribution in [0.4, 0.5) is 0 Å². The van der Waals surface area contributed by atoms with Crippen LogP contribution in [0.2, 0.25) is 0 Å². The van der Waals surface area contributed by atoms with Crippen molar-refractivity contribution in [3.05, 3.63) is 145 Å². The molecule has 0 atom stereocenters. The summed E-state index contributed by atoms with van der Waals surface area (Å²) in [7, 11) is 3.16. The second-order valence-electron chi connectivity index (χ2n) is 12.1. The highest BCUT2D eigenvalue weighted by molar-refractivity contribution is 5.91. The van der Waals surface area contributed by atoms with E-state index in [9.17, 15) is 19.2 Å². The Hall–Kier alpha value is -6.54. The Morgan fingerprint density at radius 1 is 0.566 bits per heavy atom. The average Bonchev–Trinajstić information content (AvgIpc) is 3.17. The van der Waals surface area contributed by atoms with E-state index in [1.807, 2.05) is 24.3 Å². The second kappa shape index (κ2) is 20.3. The first-order chi connectivity index (χ1) is 25.4. The molecule has 272 valence electrons. The van der Waals surface area contributed by atoms with Gasteiger partial charge in [0.05, 0.1) is 14.2 Å². The highest BCUT2D eigenvalue weighted by Gasteiger charge is 2.13. The third kappa shape index (κ3) is 12.9. The summed E-state index contributed by atoms with van der Waals surface area (Å²) in [5.74, 6) is 1.15. The SMILES string of the molecule is C=C(C)C(=O)Oc1ccc(CCC(=O)Oc2ccc(-c3ccc4cc(-c5ccc(OC)cc5)ccc4c3)cc2)cc1OC.C=C(C)C=O.C=C(C)C=O. The van der Waals surface area contributed by atoms with Gasteiger partial charge in [-0.1, -0.05) is 74.3 Å². The fourth-order valence-electron chi connectivity index (χ4n) is 4.67. The normalized spacial score (nSPS) is 9.91. The van der Waals surface area contributed by atoms with Gasteiger partial charge < -0.3 is 18.9 Å². The molecule has 0 aromatic heterocycles. The number of esters is 2. The Morgan fingerprint density at radius 3 is 1.47 bits per heavy atom. The third-order valence-electron chi connectivity index (χ3n) is 7.48. The number of carbonyl (C=O) groups excluding carboxylic acids is 4. The van der Waals surface area contributed by atoms with Crippen molar-refractivity contribution in [3.8, 4) is 45.3 Å². The van der Waals surface area contributed by atoms with E-state index in [0.29, 0.717) is 40.4 Å². The fraction of sp³-hybridized carbons (Fsp3) is 0.156. The minimum Gasteiger partial charge on any atom is -0.497 e. The van der Waals surface area contributed by atoms with E-state index in [4.69, 9.17) is 18.9 Å². The zero-order chi connectivity index (χ0) is 38.9. The molecule has 0 saturated carbocycles. The van der Waals surface area contributed by atoms with E-state index < -0.39 is 5.97 Å². The molecule has 0 N–H and O–H groups in total. The number of hydrogen-bond acceptors (Lipinski definition) is 8. The van der Waals surface area contributed by atoms with E-state index in [-0.39, 0.29) is 12.4 Å². The van der Waals surface area contributed by atoms with Crippen molar-refractivity contribution in [2.24, 2.45) is 0 Å². The van der Waals surface area contributed by atoms with E-state index in [2.05, 4.69) is 68.3 Å². The first kappa shape index (κ1) is 40.9. The van der Waals surface area contributed by atoms with E-state index in [0.717, 1.165) is 56.9 Å². The van der Waals surface area contributed by atoms with Crippen LogP contribution in [0.3, 0.4) is 0 Å². The summed E-state index contributed by atoms with van der Waals surface area (Å²) in [5, 5.41) is 2.30. The largest absolute Gasteiger partial charge is 0.497 e. The summed E-state index contributed by atoms with van der Waals surface area (Å²) in [6.45, 7) is 15.1. The van der Waals surface area contributed by atoms with Gasteiger partial charge in [-0.15, -0.1) is 0 Å². The van der Waals surface area contributed by atoms with Crippen LogP contribution in [0.15, 0.2) is 140 Å². The number of methoxy groups -OCH3 is 2. The Morgan fingerprint density at radius 2 is 1.04 bits per heavy atom. The topological polar surface area (TPSA) is 105 Å². The molecule has 0 saturated heterocycles. The summed E-state index contributed by atoms with van der Waals surface area (Å²) in [5.41, 5.74) is 6.68. The van der Waals surface area contributed by atoms with Gasteiger partial charge in [0, 0.05) is 12.0 Å². The van der Waals surface area contributed by atoms with Gasteiger partial charge in [0.2, 0.25) is 0 Å². The molecule has 8 nitrogen and oxygen atoms in total. The quantitative estimate of drug-likeness (QED) is 0.0545. The molecule has 0 aliphatic heterocycles. The number of aldehydes is 2. The first-order valence-corrected chi connectivity index (χ1v) is 16.6. The monoisotopic (exact) mass is 712 g/mol. The van der Waals surface area contributed by atoms with Gasteiger partial charge >= 0.3 is 11.9 Å². The summed E-state index contributed by atoms with van der Waals surface area (Å²) in [6, 6.07) is 33.6. The summed E-state index contributed by atoms with van der Waals surface area (Å²) >= 11 is 0. The summed E-state index contributed by atoms with van der Waals surface area (Å²) < 4.78 is 21.5. The van der Waals surface area contributed by atoms with Crippen molar-refractivity contribution in [2.45, 2.75) is 33.6 Å². The van der Waals surface area contributed by atoms with E-state index >= 15 is 0 Å². The number of rotatable bonds is 12. The maximum Gasteiger partial charge on any atom is 0.338 e. The molecule has 0 fully saturated rings. The van der Waals surface area contributed by atoms with Gasteiger partial charge in [-0.2, -0.15) is 0 Å². The molecule has 8 heteroatoms. The molecule has 0 spiro atoms. The van der Waals surface area contributed by atoms with Crippen LogP contribution in [-0.4, -0.2) is 38.7 Å². The zero-order valence-corrected chi connectivity index (χ0v) is 30.8. The number of carbonyl (C=O) groups is 4. The lowest BCUT2D eigenvalue weighted by Gasteiger charge is -2.11. The molecule has 0 amide bonds. The van der Waals surface area contributed by atoms with Gasteiger partial charge in [-0.25, -0.2) is 4.79 Å². The van der Waals surface area contributed by atoms with Crippen molar-refractivity contribution in [1.82, 2.24) is 0 Å². The number of hydrogen-bond donors (Lipinski definition) is 0. The lowest BCUT2D eigenvalue weighted by molar-refractivity contribution is -0.134. The second-order valence-corrected chi connectivity index (χ2v) is 12.1. The number of ether oxygens (including phenoxy) is 4. The average molecular weight is 713 g/mol. The standard InChI is InChI=1S/C37H32O6.2C4H6O/c1-24(2)37(39)43-34-19-5-25(21-35(34)41-4)6-20-36(38)42-33-17-13-27(14-18-33)29-8-10-30-22-28(7-9-31(30)23-29)26-11-15-32(40-3)16-12-26;2*1-4(2)3-5/h5,7-19,21-23H,1,6,20H2,2-4H3;2*3H,1H2,2H3. The molecule has 5 aromatic carbocycles. The Bertz CT molecular complexity index is 2070. The molecular weight excluding hydrogens is 668 g/mol. The lowest BCUT2D eigenvalue weighted by atomic mass is 9.97. The predicted octanol–water partition coefficient (Wildman–Crippen LogP) is 9.73. The van der Waals surface area contributed by atoms with Crippen LogP contribution in [0.5, 0.6) is 23.0 Å². The van der Waals surface area contributed by atoms with Crippen LogP contribution in [0, 0.1) is 0 Å². The lowest BCUT2D eigenvalue weighted by Crippen LogP contribution is -2.10. The molecule has 5 aromatic rings. The van der Waals surface area contributed by atoms with Crippen LogP contribution in [-0.2, 0) is 25.6 Å². The molecule has 0 radical (unpaired) electrons. The molecule has 5 rings (SSSR count). The summed E-state index contributed by atoms with van der Waals surface area (Å²) in [4.78, 5) is 43.2. The molecule has 0 aliphatic rings. The maximum atomic E-state index is 12.6. The number of benzene rings is 5. The van der Waals surface area contributed by atoms with Crippen LogP contribution in [0.25, 0.3) is 33.0 Å². The van der Waals surface area contributed by atoms with Crippen LogP contribution >= 0.6 is 0 Å². The molecule has 0 bridgehead atoms. The molecule has 0 unspecified atom stereocenters. The summed E-state index contributed by atoms with van der Waals surface area (Å²) in [6.07, 6.45) is 2.07. The third-order valence-corrected chi connectivity index (χ3v) is 7.48. The zero-order valence-electron chi connectivity index (χ0n) is 30.8. The van der Waals surface area contributed by atoms with E-state index in [1.54, 1.807) is 58.2 Å². The smallest absolute Gasteiger partial charge is 0.338 e. The van der Waals surface area contributed by atoms with Crippen molar-refractivity contribution in [2.75, 3.05) is 14.2 Å². The molecule has 0 aliphatic carbocycles. The van der Waals surface area contributed by atoms with Crippen LogP contribution < -0.4 is 18.9 Å².